The number of carbonyl (C=O) groups excluding carboxylic acids is 2. The van der Waals surface area contributed by atoms with Crippen LogP contribution in [0.5, 0.6) is 0 Å². The van der Waals surface area contributed by atoms with Crippen LogP contribution in [0.25, 0.3) is 0 Å². The number of amides is 1. The van der Waals surface area contributed by atoms with Gasteiger partial charge in [-0.05, 0) is 20.8 Å². The zero-order chi connectivity index (χ0) is 16.5. The van der Waals surface area contributed by atoms with Gasteiger partial charge in [0.05, 0.1) is 7.11 Å². The number of hydrogen-bond acceptors (Lipinski definition) is 7. The summed E-state index contributed by atoms with van der Waals surface area (Å²) in [6, 6.07) is -0.960. The van der Waals surface area contributed by atoms with Gasteiger partial charge in [0.2, 0.25) is 0 Å². The lowest BCUT2D eigenvalue weighted by atomic mass is 10.2. The van der Waals surface area contributed by atoms with E-state index in [-0.39, 0.29) is 6.42 Å². The van der Waals surface area contributed by atoms with Crippen LogP contribution in [0.4, 0.5) is 4.79 Å². The van der Waals surface area contributed by atoms with Gasteiger partial charge >= 0.3 is 12.1 Å². The van der Waals surface area contributed by atoms with Gasteiger partial charge in [0.25, 0.3) is 0 Å². The molecule has 0 aromatic carbocycles. The molecule has 0 aliphatic carbocycles. The van der Waals surface area contributed by atoms with E-state index in [4.69, 9.17) is 10.6 Å². The lowest BCUT2D eigenvalue weighted by molar-refractivity contribution is -0.142. The highest BCUT2D eigenvalue weighted by Gasteiger charge is 2.26. The summed E-state index contributed by atoms with van der Waals surface area (Å²) in [4.78, 5) is 23.4. The molecule has 9 heteroatoms. The van der Waals surface area contributed by atoms with Gasteiger partial charge in [0, 0.05) is 13.0 Å². The van der Waals surface area contributed by atoms with Crippen molar-refractivity contribution in [3.05, 3.63) is 0 Å². The molecule has 0 aliphatic heterocycles. The second kappa shape index (κ2) is 9.01. The largest absolute Gasteiger partial charge is 0.467 e. The molecule has 0 aliphatic rings. The van der Waals surface area contributed by atoms with Crippen molar-refractivity contribution in [1.29, 1.82) is 0 Å². The number of hydrogen-bond donors (Lipinski definition) is 4. The fourth-order valence-corrected chi connectivity index (χ4v) is 1.31. The summed E-state index contributed by atoms with van der Waals surface area (Å²) in [6.45, 7) is 7.66. The number of esters is 1. The number of methoxy groups -OCH3 is 1. The quantitative estimate of drug-likeness (QED) is 0.176. The van der Waals surface area contributed by atoms with Gasteiger partial charge in [-0.15, -0.1) is 0 Å². The van der Waals surface area contributed by atoms with Crippen molar-refractivity contribution in [2.24, 2.45) is 10.9 Å². The van der Waals surface area contributed by atoms with E-state index in [1.807, 2.05) is 6.92 Å². The highest BCUT2D eigenvalue weighted by atomic mass is 16.6. The number of carbonyl (C=O) groups is 2. The maximum Gasteiger partial charge on any atom is 0.408 e. The summed E-state index contributed by atoms with van der Waals surface area (Å²) in [6.07, 6.45) is -0.687. The third-order valence-electron chi connectivity index (χ3n) is 2.14. The molecule has 21 heavy (non-hydrogen) atoms. The Labute approximate surface area is 124 Å². The smallest absolute Gasteiger partial charge is 0.408 e. The summed E-state index contributed by atoms with van der Waals surface area (Å²) in [5.74, 6) is 4.90. The van der Waals surface area contributed by atoms with Gasteiger partial charge in [0.15, 0.2) is 0 Å². The highest BCUT2D eigenvalue weighted by molar-refractivity contribution is 5.90. The van der Waals surface area contributed by atoms with Crippen LogP contribution >= 0.6 is 0 Å². The van der Waals surface area contributed by atoms with Gasteiger partial charge < -0.3 is 26.1 Å². The molecule has 122 valence electrons. The number of rotatable bonds is 6. The van der Waals surface area contributed by atoms with Gasteiger partial charge in [0.1, 0.15) is 17.5 Å². The minimum absolute atomic E-state index is 0.0371. The average Bonchev–Trinajstić information content (AvgIpc) is 2.39. The van der Waals surface area contributed by atoms with E-state index in [2.05, 4.69) is 26.0 Å². The number of nitrogens with one attached hydrogen (secondary N) is 3. The monoisotopic (exact) mass is 303 g/mol. The second-order valence-corrected chi connectivity index (χ2v) is 5.16. The Hall–Kier alpha value is -2.03. The topological polar surface area (TPSA) is 127 Å². The molecule has 0 fully saturated rings. The zero-order valence-corrected chi connectivity index (χ0v) is 13.1. The Morgan fingerprint density at radius 3 is 2.38 bits per heavy atom. The summed E-state index contributed by atoms with van der Waals surface area (Å²) in [5.41, 5.74) is 4.85. The second-order valence-electron chi connectivity index (χ2n) is 5.16. The van der Waals surface area contributed by atoms with Crippen molar-refractivity contribution >= 4 is 17.9 Å². The average molecular weight is 303 g/mol. The number of alkyl carbamates (subject to hydrolysis) is 1. The van der Waals surface area contributed by atoms with Crippen molar-refractivity contribution in [2.45, 2.75) is 45.8 Å². The summed E-state index contributed by atoms with van der Waals surface area (Å²) >= 11 is 0. The van der Waals surface area contributed by atoms with Gasteiger partial charge in [-0.2, -0.15) is 5.10 Å². The molecule has 0 saturated carbocycles. The Kier molecular flexibility index (Phi) is 8.14. The number of nitrogens with two attached hydrogens (primary N) is 1. The van der Waals surface area contributed by atoms with Crippen LogP contribution in [0.3, 0.4) is 0 Å². The van der Waals surface area contributed by atoms with Crippen LogP contribution in [-0.4, -0.2) is 43.2 Å². The van der Waals surface area contributed by atoms with E-state index in [9.17, 15) is 9.59 Å². The molecule has 0 radical (unpaired) electrons. The minimum Gasteiger partial charge on any atom is -0.467 e. The maximum absolute atomic E-state index is 11.7. The van der Waals surface area contributed by atoms with Crippen molar-refractivity contribution in [1.82, 2.24) is 16.2 Å². The molecule has 1 atom stereocenters. The number of amidine groups is 1. The first-order valence-electron chi connectivity index (χ1n) is 6.56. The number of ether oxygens (including phenoxy) is 2. The van der Waals surface area contributed by atoms with E-state index in [1.165, 1.54) is 7.11 Å². The molecule has 5 N–H and O–H groups in total. The van der Waals surface area contributed by atoms with Crippen molar-refractivity contribution < 1.29 is 19.1 Å². The molecule has 1 amide bonds. The number of nitrogens with zero attached hydrogens (tertiary/aromatic N) is 1. The first-order chi connectivity index (χ1) is 9.73. The third kappa shape index (κ3) is 8.69. The fourth-order valence-electron chi connectivity index (χ4n) is 1.31. The van der Waals surface area contributed by atoms with E-state index < -0.39 is 23.7 Å². The number of hydrazone groups is 1. The molecular weight excluding hydrogens is 278 g/mol. The molecule has 0 aromatic rings. The summed E-state index contributed by atoms with van der Waals surface area (Å²) < 4.78 is 9.73. The van der Waals surface area contributed by atoms with Crippen LogP contribution in [0.1, 0.15) is 34.1 Å². The van der Waals surface area contributed by atoms with E-state index in [0.29, 0.717) is 12.4 Å². The molecule has 9 nitrogen and oxygen atoms in total. The van der Waals surface area contributed by atoms with Gasteiger partial charge in [-0.3, -0.25) is 0 Å². The lowest BCUT2D eigenvalue weighted by Gasteiger charge is -2.23. The predicted octanol–water partition coefficient (Wildman–Crippen LogP) is -0.171. The Bertz CT molecular complexity index is 378. The molecule has 0 saturated heterocycles. The predicted molar refractivity (Wildman–Crippen MR) is 78.2 cm³/mol. The van der Waals surface area contributed by atoms with E-state index in [1.54, 1.807) is 20.8 Å². The van der Waals surface area contributed by atoms with Gasteiger partial charge in [-0.25, -0.2) is 15.0 Å². The van der Waals surface area contributed by atoms with Crippen LogP contribution < -0.4 is 22.0 Å². The lowest BCUT2D eigenvalue weighted by Crippen LogP contribution is -2.48. The first kappa shape index (κ1) is 19.0. The first-order valence-corrected chi connectivity index (χ1v) is 6.56. The molecule has 0 bridgehead atoms. The Balaban J connectivity index is 4.73. The Morgan fingerprint density at radius 2 is 1.95 bits per heavy atom. The SMILES string of the molecule is CCNN/C(CC(NC(=O)OC(C)(C)C)C(=O)OC)=N/N. The fraction of sp³-hybridized carbons (Fsp3) is 0.750. The normalized spacial score (nSPS) is 13.3. The van der Waals surface area contributed by atoms with Crippen LogP contribution in [0.2, 0.25) is 0 Å². The summed E-state index contributed by atoms with van der Waals surface area (Å²) in [5, 5.41) is 5.93. The molecule has 0 spiro atoms. The molecule has 1 unspecified atom stereocenters. The molecular formula is C12H25N5O4. The van der Waals surface area contributed by atoms with Crippen molar-refractivity contribution in [2.75, 3.05) is 13.7 Å². The molecule has 0 rings (SSSR count). The maximum atomic E-state index is 11.7. The molecule has 0 aromatic heterocycles. The molecule has 0 heterocycles. The highest BCUT2D eigenvalue weighted by Crippen LogP contribution is 2.07. The van der Waals surface area contributed by atoms with Crippen LogP contribution in [-0.2, 0) is 14.3 Å². The van der Waals surface area contributed by atoms with Crippen LogP contribution in [0, 0.1) is 0 Å². The van der Waals surface area contributed by atoms with Crippen molar-refractivity contribution in [3.63, 3.8) is 0 Å². The zero-order valence-electron chi connectivity index (χ0n) is 13.1. The van der Waals surface area contributed by atoms with Gasteiger partial charge in [-0.1, -0.05) is 6.92 Å². The minimum atomic E-state index is -0.960. The number of hydrazine groups is 1. The van der Waals surface area contributed by atoms with Crippen molar-refractivity contribution in [3.8, 4) is 0 Å². The van der Waals surface area contributed by atoms with E-state index >= 15 is 0 Å². The van der Waals surface area contributed by atoms with E-state index in [0.717, 1.165) is 0 Å². The Morgan fingerprint density at radius 1 is 1.33 bits per heavy atom. The third-order valence-corrected chi connectivity index (χ3v) is 2.14. The standard InChI is InChI=1S/C12H25N5O4/c1-6-14-17-9(16-13)7-8(10(18)20-5)15-11(19)21-12(2,3)4/h8,14H,6-7,13H2,1-5H3,(H,15,19)(H,16,17). The van der Waals surface area contributed by atoms with Crippen LogP contribution in [0.15, 0.2) is 5.10 Å². The summed E-state index contributed by atoms with van der Waals surface area (Å²) in [7, 11) is 1.23.